The lowest BCUT2D eigenvalue weighted by atomic mass is 9.81. The van der Waals surface area contributed by atoms with Gasteiger partial charge in [0.2, 0.25) is 0 Å². The maximum Gasteiger partial charge on any atom is 0.143 e. The fourth-order valence-corrected chi connectivity index (χ4v) is 4.47. The third-order valence-electron chi connectivity index (χ3n) is 5.09. The minimum atomic E-state index is -0.506. The molecule has 3 N–H and O–H groups in total. The zero-order valence-corrected chi connectivity index (χ0v) is 12.8. The van der Waals surface area contributed by atoms with Crippen LogP contribution in [0.3, 0.4) is 0 Å². The highest BCUT2D eigenvalue weighted by molar-refractivity contribution is 9.10. The molecule has 20 heavy (non-hydrogen) atoms. The van der Waals surface area contributed by atoms with E-state index in [0.717, 1.165) is 12.3 Å². The number of nitrogens with two attached hydrogens (primary N) is 1. The second kappa shape index (κ2) is 5.70. The van der Waals surface area contributed by atoms with E-state index in [1.807, 2.05) is 0 Å². The fraction of sp³-hybridized carbons (Fsp3) is 0.600. The van der Waals surface area contributed by atoms with Gasteiger partial charge in [0.05, 0.1) is 4.47 Å². The molecule has 0 aliphatic heterocycles. The molecule has 2 saturated carbocycles. The molecule has 2 nitrogen and oxygen atoms in total. The van der Waals surface area contributed by atoms with Gasteiger partial charge in [-0.2, -0.15) is 0 Å². The van der Waals surface area contributed by atoms with Gasteiger partial charge in [-0.15, -0.1) is 0 Å². The summed E-state index contributed by atoms with van der Waals surface area (Å²) in [7, 11) is 0. The molecule has 1 aromatic carbocycles. The Morgan fingerprint density at radius 2 is 2.10 bits per heavy atom. The van der Waals surface area contributed by atoms with Crippen molar-refractivity contribution in [3.8, 4) is 0 Å². The Balaban J connectivity index is 1.80. The summed E-state index contributed by atoms with van der Waals surface area (Å²) in [6.07, 6.45) is 5.24. The van der Waals surface area contributed by atoms with Gasteiger partial charge < -0.3 is 0 Å². The monoisotopic (exact) mass is 344 g/mol. The molecule has 0 aromatic heterocycles. The first-order chi connectivity index (χ1) is 9.60. The van der Waals surface area contributed by atoms with Crippen LogP contribution in [0.25, 0.3) is 0 Å². The van der Waals surface area contributed by atoms with Gasteiger partial charge in [-0.3, -0.25) is 11.3 Å². The summed E-state index contributed by atoms with van der Waals surface area (Å²) in [6, 6.07) is 2.65. The first-order valence-corrected chi connectivity index (χ1v) is 7.98. The SMILES string of the molecule is NNC(Cc1c(F)ccc(Br)c1F)C1CC2CCC1C2. The maximum absolute atomic E-state index is 14.1. The Bertz CT molecular complexity index is 509. The highest BCUT2D eigenvalue weighted by atomic mass is 79.9. The highest BCUT2D eigenvalue weighted by Crippen LogP contribution is 2.49. The Hall–Kier alpha value is -0.520. The van der Waals surface area contributed by atoms with E-state index >= 15 is 0 Å². The van der Waals surface area contributed by atoms with Crippen molar-refractivity contribution >= 4 is 15.9 Å². The molecular weight excluding hydrogens is 326 g/mol. The van der Waals surface area contributed by atoms with E-state index in [0.29, 0.717) is 22.7 Å². The third-order valence-corrected chi connectivity index (χ3v) is 5.70. The number of hydrogen-bond acceptors (Lipinski definition) is 2. The van der Waals surface area contributed by atoms with Crippen LogP contribution in [0.2, 0.25) is 0 Å². The van der Waals surface area contributed by atoms with Gasteiger partial charge in [-0.1, -0.05) is 6.42 Å². The van der Waals surface area contributed by atoms with Crippen molar-refractivity contribution in [3.05, 3.63) is 33.8 Å². The molecule has 4 unspecified atom stereocenters. The first kappa shape index (κ1) is 14.4. The summed E-state index contributed by atoms with van der Waals surface area (Å²) in [5.41, 5.74) is 2.93. The summed E-state index contributed by atoms with van der Waals surface area (Å²) in [5, 5.41) is 0. The summed E-state index contributed by atoms with van der Waals surface area (Å²) in [4.78, 5) is 0. The predicted octanol–water partition coefficient (Wildman–Crippen LogP) is 3.54. The summed E-state index contributed by atoms with van der Waals surface area (Å²) >= 11 is 3.11. The Kier molecular flexibility index (Phi) is 4.11. The number of hydrazine groups is 1. The summed E-state index contributed by atoms with van der Waals surface area (Å²) in [6.45, 7) is 0. The normalized spacial score (nSPS) is 29.9. The topological polar surface area (TPSA) is 38.0 Å². The summed E-state index contributed by atoms with van der Waals surface area (Å²) in [5.74, 6) is 6.56. The number of benzene rings is 1. The van der Waals surface area contributed by atoms with E-state index in [4.69, 9.17) is 5.84 Å². The zero-order chi connectivity index (χ0) is 14.3. The second-order valence-corrected chi connectivity index (χ2v) is 6.99. The molecule has 3 rings (SSSR count). The van der Waals surface area contributed by atoms with Crippen molar-refractivity contribution in [2.75, 3.05) is 0 Å². The van der Waals surface area contributed by atoms with Crippen LogP contribution in [0.1, 0.15) is 31.2 Å². The van der Waals surface area contributed by atoms with Gasteiger partial charge in [0.25, 0.3) is 0 Å². The number of rotatable bonds is 4. The molecule has 2 bridgehead atoms. The average molecular weight is 345 g/mol. The van der Waals surface area contributed by atoms with E-state index in [1.165, 1.54) is 31.4 Å². The molecular formula is C15H19BrF2N2. The molecule has 2 aliphatic carbocycles. The Morgan fingerprint density at radius 1 is 1.30 bits per heavy atom. The first-order valence-electron chi connectivity index (χ1n) is 7.18. The molecule has 110 valence electrons. The van der Waals surface area contributed by atoms with Crippen molar-refractivity contribution in [2.45, 2.75) is 38.1 Å². The highest BCUT2D eigenvalue weighted by Gasteiger charge is 2.43. The zero-order valence-electron chi connectivity index (χ0n) is 11.2. The second-order valence-electron chi connectivity index (χ2n) is 6.14. The molecule has 5 heteroatoms. The molecule has 0 radical (unpaired) electrons. The smallest absolute Gasteiger partial charge is 0.143 e. The number of fused-ring (bicyclic) bond motifs is 2. The number of nitrogens with one attached hydrogen (secondary N) is 1. The molecule has 2 aliphatic rings. The fourth-order valence-electron chi connectivity index (χ4n) is 4.10. The van der Waals surface area contributed by atoms with Crippen LogP contribution in [0.15, 0.2) is 16.6 Å². The molecule has 2 fully saturated rings. The standard InChI is InChI=1S/C15H19BrF2N2/c16-12-3-4-13(17)11(15(12)18)7-14(20-19)10-6-8-1-2-9(10)5-8/h3-4,8-10,14,20H,1-2,5-7,19H2. The lowest BCUT2D eigenvalue weighted by Crippen LogP contribution is -2.44. The minimum Gasteiger partial charge on any atom is -0.271 e. The number of hydrogen-bond donors (Lipinski definition) is 2. The van der Waals surface area contributed by atoms with E-state index in [-0.39, 0.29) is 11.6 Å². The van der Waals surface area contributed by atoms with E-state index in [2.05, 4.69) is 21.4 Å². The molecule has 0 spiro atoms. The van der Waals surface area contributed by atoms with Crippen molar-refractivity contribution in [3.63, 3.8) is 0 Å². The minimum absolute atomic E-state index is 0.0522. The van der Waals surface area contributed by atoms with E-state index < -0.39 is 11.6 Å². The molecule has 4 atom stereocenters. The van der Waals surface area contributed by atoms with Crippen molar-refractivity contribution in [2.24, 2.45) is 23.6 Å². The van der Waals surface area contributed by atoms with Gasteiger partial charge in [0.1, 0.15) is 11.6 Å². The van der Waals surface area contributed by atoms with Crippen LogP contribution in [0, 0.1) is 29.4 Å². The molecule has 0 saturated heterocycles. The van der Waals surface area contributed by atoms with Crippen LogP contribution < -0.4 is 11.3 Å². The quantitative estimate of drug-likeness (QED) is 0.498. The molecule has 0 heterocycles. The van der Waals surface area contributed by atoms with Gasteiger partial charge in [-0.05, 0) is 71.5 Å². The van der Waals surface area contributed by atoms with Gasteiger partial charge >= 0.3 is 0 Å². The third kappa shape index (κ3) is 2.51. The van der Waals surface area contributed by atoms with Crippen LogP contribution in [-0.4, -0.2) is 6.04 Å². The number of halogens is 3. The lowest BCUT2D eigenvalue weighted by Gasteiger charge is -2.30. The van der Waals surface area contributed by atoms with Crippen LogP contribution in [0.5, 0.6) is 0 Å². The van der Waals surface area contributed by atoms with Crippen molar-refractivity contribution in [1.82, 2.24) is 5.43 Å². The molecule has 0 amide bonds. The van der Waals surface area contributed by atoms with Crippen molar-refractivity contribution < 1.29 is 8.78 Å². The predicted molar refractivity (Wildman–Crippen MR) is 77.8 cm³/mol. The van der Waals surface area contributed by atoms with Gasteiger partial charge in [0, 0.05) is 11.6 Å². The maximum atomic E-state index is 14.1. The Labute approximate surface area is 126 Å². The van der Waals surface area contributed by atoms with E-state index in [9.17, 15) is 8.78 Å². The van der Waals surface area contributed by atoms with Crippen molar-refractivity contribution in [1.29, 1.82) is 0 Å². The summed E-state index contributed by atoms with van der Waals surface area (Å²) < 4.78 is 28.3. The lowest BCUT2D eigenvalue weighted by molar-refractivity contribution is 0.245. The van der Waals surface area contributed by atoms with Crippen LogP contribution in [-0.2, 0) is 6.42 Å². The average Bonchev–Trinajstić information content (AvgIpc) is 3.06. The van der Waals surface area contributed by atoms with Crippen LogP contribution >= 0.6 is 15.9 Å². The van der Waals surface area contributed by atoms with Crippen LogP contribution in [0.4, 0.5) is 8.78 Å². The molecule has 1 aromatic rings. The van der Waals surface area contributed by atoms with E-state index in [1.54, 1.807) is 0 Å². The Morgan fingerprint density at radius 3 is 2.70 bits per heavy atom. The van der Waals surface area contributed by atoms with Gasteiger partial charge in [-0.25, -0.2) is 8.78 Å². The van der Waals surface area contributed by atoms with Gasteiger partial charge in [0.15, 0.2) is 0 Å². The largest absolute Gasteiger partial charge is 0.271 e.